The van der Waals surface area contributed by atoms with Gasteiger partial charge in [-0.05, 0) is 80.4 Å². The smallest absolute Gasteiger partial charge is 0.222 e. The molecule has 0 unspecified atom stereocenters. The molecule has 4 rings (SSSR count). The van der Waals surface area contributed by atoms with E-state index in [1.165, 1.54) is 24.0 Å². The van der Waals surface area contributed by atoms with E-state index in [2.05, 4.69) is 55.0 Å². The number of aromatic nitrogens is 2. The largest absolute Gasteiger partial charge is 0.425 e. The normalized spacial score (nSPS) is 22.8. The molecule has 1 atom stereocenters. The number of rotatable bonds is 2. The van der Waals surface area contributed by atoms with Crippen molar-refractivity contribution in [3.05, 3.63) is 45.6 Å². The van der Waals surface area contributed by atoms with Gasteiger partial charge in [-0.2, -0.15) is 0 Å². The van der Waals surface area contributed by atoms with Crippen LogP contribution in [-0.4, -0.2) is 35.2 Å². The fraction of sp³-hybridized carbons (Fsp3) is 0.619. The standard InChI is InChI=1S/C21H28ClN3O/c1-13-10-15-16(11-18(13)22)21(6-8-25(5)9-7-21)12-17(15)20(3,4)19-24-23-14(2)26-19/h10-11,17H,6-9,12H2,1-5H3/t17-/m0/s1. The van der Waals surface area contributed by atoms with Crippen molar-refractivity contribution in [3.8, 4) is 0 Å². The highest BCUT2D eigenvalue weighted by Crippen LogP contribution is 2.58. The van der Waals surface area contributed by atoms with Crippen LogP contribution in [0.15, 0.2) is 16.5 Å². The highest BCUT2D eigenvalue weighted by Gasteiger charge is 2.51. The molecular weight excluding hydrogens is 346 g/mol. The summed E-state index contributed by atoms with van der Waals surface area (Å²) in [4.78, 5) is 2.43. The molecule has 0 saturated carbocycles. The van der Waals surface area contributed by atoms with E-state index in [0.29, 0.717) is 11.8 Å². The zero-order chi connectivity index (χ0) is 18.7. The van der Waals surface area contributed by atoms with Crippen molar-refractivity contribution >= 4 is 11.6 Å². The second-order valence-corrected chi connectivity index (χ2v) is 9.28. The average Bonchev–Trinajstić information content (AvgIpc) is 3.15. The Morgan fingerprint density at radius 2 is 1.88 bits per heavy atom. The molecule has 2 heterocycles. The molecular formula is C21H28ClN3O. The van der Waals surface area contributed by atoms with Gasteiger partial charge in [0.1, 0.15) is 0 Å². The Morgan fingerprint density at radius 1 is 1.19 bits per heavy atom. The van der Waals surface area contributed by atoms with E-state index in [9.17, 15) is 0 Å². The Bertz CT molecular complexity index is 834. The molecule has 0 amide bonds. The van der Waals surface area contributed by atoms with Gasteiger partial charge in [0.15, 0.2) is 0 Å². The van der Waals surface area contributed by atoms with Crippen LogP contribution in [0.3, 0.4) is 0 Å². The summed E-state index contributed by atoms with van der Waals surface area (Å²) in [5.41, 5.74) is 4.05. The highest BCUT2D eigenvalue weighted by atomic mass is 35.5. The molecule has 1 aromatic heterocycles. The molecule has 2 aromatic rings. The Kier molecular flexibility index (Phi) is 4.20. The van der Waals surface area contributed by atoms with E-state index in [-0.39, 0.29) is 10.8 Å². The lowest BCUT2D eigenvalue weighted by molar-refractivity contribution is 0.170. The molecule has 0 radical (unpaired) electrons. The molecule has 1 aliphatic carbocycles. The molecule has 1 spiro atoms. The predicted octanol–water partition coefficient (Wildman–Crippen LogP) is 4.77. The average molecular weight is 374 g/mol. The van der Waals surface area contributed by atoms with Crippen LogP contribution >= 0.6 is 11.6 Å². The first kappa shape index (κ1) is 18.0. The molecule has 5 heteroatoms. The maximum Gasteiger partial charge on any atom is 0.222 e. The van der Waals surface area contributed by atoms with Gasteiger partial charge in [-0.3, -0.25) is 0 Å². The Balaban J connectivity index is 1.82. The molecule has 1 fully saturated rings. The number of benzene rings is 1. The minimum Gasteiger partial charge on any atom is -0.425 e. The van der Waals surface area contributed by atoms with E-state index in [1.54, 1.807) is 0 Å². The molecule has 4 nitrogen and oxygen atoms in total. The number of halogens is 1. The Labute approximate surface area is 160 Å². The van der Waals surface area contributed by atoms with Crippen molar-refractivity contribution in [2.45, 2.75) is 63.7 Å². The van der Waals surface area contributed by atoms with Crippen LogP contribution in [0.5, 0.6) is 0 Å². The predicted molar refractivity (Wildman–Crippen MR) is 104 cm³/mol. The minimum absolute atomic E-state index is 0.205. The number of fused-ring (bicyclic) bond motifs is 2. The van der Waals surface area contributed by atoms with Gasteiger partial charge in [-0.15, -0.1) is 10.2 Å². The molecule has 0 N–H and O–H groups in total. The van der Waals surface area contributed by atoms with Crippen molar-refractivity contribution in [3.63, 3.8) is 0 Å². The van der Waals surface area contributed by atoms with E-state index in [4.69, 9.17) is 16.0 Å². The van der Waals surface area contributed by atoms with Crippen LogP contribution in [-0.2, 0) is 10.8 Å². The van der Waals surface area contributed by atoms with Crippen molar-refractivity contribution < 1.29 is 4.42 Å². The maximum atomic E-state index is 6.55. The molecule has 1 aromatic carbocycles. The fourth-order valence-electron chi connectivity index (χ4n) is 4.93. The summed E-state index contributed by atoms with van der Waals surface area (Å²) in [6, 6.07) is 4.55. The third-order valence-electron chi connectivity index (χ3n) is 6.76. The fourth-order valence-corrected chi connectivity index (χ4v) is 5.10. The Hall–Kier alpha value is -1.39. The first-order valence-corrected chi connectivity index (χ1v) is 9.90. The molecule has 1 saturated heterocycles. The van der Waals surface area contributed by atoms with Gasteiger partial charge in [-0.25, -0.2) is 0 Å². The maximum absolute atomic E-state index is 6.55. The van der Waals surface area contributed by atoms with E-state index >= 15 is 0 Å². The third kappa shape index (κ3) is 2.69. The van der Waals surface area contributed by atoms with Crippen molar-refractivity contribution in [2.24, 2.45) is 0 Å². The quantitative estimate of drug-likeness (QED) is 0.760. The monoisotopic (exact) mass is 373 g/mol. The van der Waals surface area contributed by atoms with Crippen molar-refractivity contribution in [1.29, 1.82) is 0 Å². The van der Waals surface area contributed by atoms with Crippen LogP contribution < -0.4 is 0 Å². The summed E-state index contributed by atoms with van der Waals surface area (Å²) in [7, 11) is 2.22. The van der Waals surface area contributed by atoms with Gasteiger partial charge < -0.3 is 9.32 Å². The van der Waals surface area contributed by atoms with Crippen molar-refractivity contribution in [2.75, 3.05) is 20.1 Å². The number of piperidine rings is 1. The number of hydrogen-bond donors (Lipinski definition) is 0. The lowest BCUT2D eigenvalue weighted by atomic mass is 9.70. The first-order chi connectivity index (χ1) is 12.2. The van der Waals surface area contributed by atoms with E-state index in [0.717, 1.165) is 36.0 Å². The summed E-state index contributed by atoms with van der Waals surface area (Å²) >= 11 is 6.55. The van der Waals surface area contributed by atoms with Gasteiger partial charge in [0, 0.05) is 17.4 Å². The zero-order valence-electron chi connectivity index (χ0n) is 16.4. The van der Waals surface area contributed by atoms with Gasteiger partial charge in [0.25, 0.3) is 0 Å². The van der Waals surface area contributed by atoms with Gasteiger partial charge in [0.05, 0.1) is 0 Å². The van der Waals surface area contributed by atoms with Crippen LogP contribution in [0.4, 0.5) is 0 Å². The summed E-state index contributed by atoms with van der Waals surface area (Å²) in [5, 5.41) is 9.33. The number of aryl methyl sites for hydroxylation is 2. The highest BCUT2D eigenvalue weighted by molar-refractivity contribution is 6.31. The molecule has 2 aliphatic rings. The second kappa shape index (κ2) is 6.07. The zero-order valence-corrected chi connectivity index (χ0v) is 17.2. The van der Waals surface area contributed by atoms with Crippen molar-refractivity contribution in [1.82, 2.24) is 15.1 Å². The lowest BCUT2D eigenvalue weighted by Gasteiger charge is -2.40. The van der Waals surface area contributed by atoms with Gasteiger partial charge >= 0.3 is 0 Å². The minimum atomic E-state index is -0.205. The van der Waals surface area contributed by atoms with Gasteiger partial charge in [0.2, 0.25) is 11.8 Å². The van der Waals surface area contributed by atoms with Crippen LogP contribution in [0.1, 0.15) is 67.5 Å². The molecule has 0 bridgehead atoms. The third-order valence-corrected chi connectivity index (χ3v) is 7.17. The summed E-state index contributed by atoms with van der Waals surface area (Å²) in [6.07, 6.45) is 3.50. The molecule has 26 heavy (non-hydrogen) atoms. The number of hydrogen-bond acceptors (Lipinski definition) is 4. The summed E-state index contributed by atoms with van der Waals surface area (Å²) < 4.78 is 5.87. The lowest BCUT2D eigenvalue weighted by Crippen LogP contribution is -2.40. The SMILES string of the molecule is Cc1nnc(C(C)(C)[C@H]2CC3(CCN(C)CC3)c3cc(Cl)c(C)cc32)o1. The van der Waals surface area contributed by atoms with E-state index in [1.807, 2.05) is 6.92 Å². The molecule has 140 valence electrons. The van der Waals surface area contributed by atoms with Crippen LogP contribution in [0.25, 0.3) is 0 Å². The second-order valence-electron chi connectivity index (χ2n) is 8.88. The number of likely N-dealkylation sites (tertiary alicyclic amines) is 1. The first-order valence-electron chi connectivity index (χ1n) is 9.53. The van der Waals surface area contributed by atoms with E-state index < -0.39 is 0 Å². The summed E-state index contributed by atoms with van der Waals surface area (Å²) in [5.74, 6) is 1.73. The van der Waals surface area contributed by atoms with Crippen LogP contribution in [0, 0.1) is 13.8 Å². The number of nitrogens with zero attached hydrogens (tertiary/aromatic N) is 3. The Morgan fingerprint density at radius 3 is 2.50 bits per heavy atom. The van der Waals surface area contributed by atoms with Crippen LogP contribution in [0.2, 0.25) is 5.02 Å². The van der Waals surface area contributed by atoms with Gasteiger partial charge in [-0.1, -0.05) is 31.5 Å². The topological polar surface area (TPSA) is 42.2 Å². The molecule has 1 aliphatic heterocycles. The summed E-state index contributed by atoms with van der Waals surface area (Å²) in [6.45, 7) is 10.7.